The van der Waals surface area contributed by atoms with Crippen LogP contribution in [0, 0.1) is 23.7 Å². The lowest BCUT2D eigenvalue weighted by atomic mass is 9.82. The summed E-state index contributed by atoms with van der Waals surface area (Å²) in [6, 6.07) is 14.7. The molecule has 3 amide bonds. The van der Waals surface area contributed by atoms with Crippen molar-refractivity contribution in [2.45, 2.75) is 116 Å². The highest BCUT2D eigenvalue weighted by molar-refractivity contribution is 5.88. The molecule has 4 atom stereocenters. The van der Waals surface area contributed by atoms with Crippen molar-refractivity contribution < 1.29 is 24.6 Å². The molecule has 2 aliphatic carbocycles. The van der Waals surface area contributed by atoms with Crippen LogP contribution in [0.4, 0.5) is 0 Å². The molecule has 2 saturated carbocycles. The van der Waals surface area contributed by atoms with Gasteiger partial charge in [0.2, 0.25) is 17.7 Å². The summed E-state index contributed by atoms with van der Waals surface area (Å²) < 4.78 is 0. The van der Waals surface area contributed by atoms with Gasteiger partial charge in [0.1, 0.15) is 12.6 Å². The molecule has 2 aliphatic rings. The summed E-state index contributed by atoms with van der Waals surface area (Å²) in [6.45, 7) is 4.66. The van der Waals surface area contributed by atoms with E-state index in [2.05, 4.69) is 10.3 Å². The first-order chi connectivity index (χ1) is 23.1. The maximum Gasteiger partial charge on any atom is 0.241 e. The van der Waals surface area contributed by atoms with Crippen LogP contribution in [0.15, 0.2) is 54.7 Å². The summed E-state index contributed by atoms with van der Waals surface area (Å²) >= 11 is 0. The Bertz CT molecular complexity index is 1270. The third kappa shape index (κ3) is 12.6. The molecule has 0 bridgehead atoms. The molecule has 0 saturated heterocycles. The molecule has 1 aromatic heterocycles. The summed E-state index contributed by atoms with van der Waals surface area (Å²) in [5.41, 5.74) is 1.81. The maximum absolute atomic E-state index is 14.0. The first-order valence-corrected chi connectivity index (χ1v) is 18.2. The Balaban J connectivity index is 1.46. The van der Waals surface area contributed by atoms with E-state index in [4.69, 9.17) is 0 Å². The fraction of sp³-hybridized carbons (Fsp3) is 0.641. The zero-order valence-corrected chi connectivity index (χ0v) is 29.3. The van der Waals surface area contributed by atoms with Crippen LogP contribution in [0.1, 0.15) is 95.7 Å². The van der Waals surface area contributed by atoms with E-state index in [9.17, 15) is 24.6 Å². The average Bonchev–Trinajstić information content (AvgIpc) is 3.91. The van der Waals surface area contributed by atoms with Crippen molar-refractivity contribution in [2.24, 2.45) is 23.7 Å². The number of aliphatic hydroxyl groups is 2. The number of pyridine rings is 1. The molecule has 2 aromatic rings. The highest BCUT2D eigenvalue weighted by Gasteiger charge is 2.36. The number of carbonyl (C=O) groups excluding carboxylic acids is 3. The summed E-state index contributed by atoms with van der Waals surface area (Å²) in [6.07, 6.45) is 9.64. The number of hydrogen-bond donors (Lipinski definition) is 3. The van der Waals surface area contributed by atoms with Crippen molar-refractivity contribution in [1.82, 2.24) is 20.1 Å². The van der Waals surface area contributed by atoms with E-state index in [-0.39, 0.29) is 43.1 Å². The van der Waals surface area contributed by atoms with Gasteiger partial charge in [-0.1, -0.05) is 95.2 Å². The Morgan fingerprint density at radius 3 is 2.23 bits per heavy atom. The third-order valence-electron chi connectivity index (χ3n) is 10.0. The van der Waals surface area contributed by atoms with Crippen LogP contribution >= 0.6 is 0 Å². The van der Waals surface area contributed by atoms with Crippen LogP contribution in [0.2, 0.25) is 0 Å². The molecule has 48 heavy (non-hydrogen) atoms. The van der Waals surface area contributed by atoms with Crippen LogP contribution in [-0.4, -0.2) is 81.1 Å². The van der Waals surface area contributed by atoms with Crippen molar-refractivity contribution in [3.05, 3.63) is 66.0 Å². The van der Waals surface area contributed by atoms with Gasteiger partial charge in [-0.15, -0.1) is 0 Å². The van der Waals surface area contributed by atoms with E-state index < -0.39 is 24.2 Å². The predicted molar refractivity (Wildman–Crippen MR) is 187 cm³/mol. The number of carbonyl (C=O) groups is 3. The Morgan fingerprint density at radius 1 is 0.896 bits per heavy atom. The van der Waals surface area contributed by atoms with Crippen molar-refractivity contribution in [3.8, 4) is 0 Å². The number of rotatable bonds is 19. The van der Waals surface area contributed by atoms with E-state index in [1.54, 1.807) is 23.0 Å². The van der Waals surface area contributed by atoms with Gasteiger partial charge >= 0.3 is 0 Å². The molecule has 0 unspecified atom stereocenters. The Labute approximate surface area is 287 Å². The SMILES string of the molecule is CC(C)C[C@H](O)[C@H](O)[C@H](CC1CCCCC1)NC(=O)[C@@H](CC(=O)N(CC(=O)N(C)CCc1ccccn1)Cc1ccccc1)CC1CC1. The molecule has 4 rings (SSSR count). The molecule has 1 aromatic carbocycles. The van der Waals surface area contributed by atoms with Crippen molar-refractivity contribution in [1.29, 1.82) is 0 Å². The van der Waals surface area contributed by atoms with Crippen LogP contribution in [-0.2, 0) is 27.3 Å². The molecule has 0 aliphatic heterocycles. The number of aliphatic hydroxyl groups excluding tert-OH is 2. The summed E-state index contributed by atoms with van der Waals surface area (Å²) in [7, 11) is 1.74. The molecule has 0 radical (unpaired) electrons. The van der Waals surface area contributed by atoms with E-state index >= 15 is 0 Å². The summed E-state index contributed by atoms with van der Waals surface area (Å²) in [4.78, 5) is 49.0. The highest BCUT2D eigenvalue weighted by atomic mass is 16.3. The van der Waals surface area contributed by atoms with E-state index in [1.165, 1.54) is 6.42 Å². The second-order valence-electron chi connectivity index (χ2n) is 14.7. The molecule has 9 nitrogen and oxygen atoms in total. The van der Waals surface area contributed by atoms with Crippen molar-refractivity contribution >= 4 is 17.7 Å². The number of benzene rings is 1. The van der Waals surface area contributed by atoms with Gasteiger partial charge in [0.25, 0.3) is 0 Å². The van der Waals surface area contributed by atoms with Gasteiger partial charge in [0.05, 0.1) is 12.1 Å². The third-order valence-corrected chi connectivity index (χ3v) is 10.0. The monoisotopic (exact) mass is 662 g/mol. The van der Waals surface area contributed by atoms with Gasteiger partial charge in [0.15, 0.2) is 0 Å². The topological polar surface area (TPSA) is 123 Å². The lowest BCUT2D eigenvalue weighted by molar-refractivity contribution is -0.142. The number of hydrogen-bond acceptors (Lipinski definition) is 6. The Morgan fingerprint density at radius 2 is 1.58 bits per heavy atom. The second kappa shape index (κ2) is 19.0. The first kappa shape index (κ1) is 37.5. The molecule has 2 fully saturated rings. The molecular weight excluding hydrogens is 604 g/mol. The van der Waals surface area contributed by atoms with E-state index in [0.717, 1.165) is 49.8 Å². The fourth-order valence-corrected chi connectivity index (χ4v) is 6.91. The molecular formula is C39H58N4O5. The van der Waals surface area contributed by atoms with Gasteiger partial charge in [-0.3, -0.25) is 19.4 Å². The van der Waals surface area contributed by atoms with Gasteiger partial charge in [-0.05, 0) is 54.7 Å². The number of amides is 3. The highest BCUT2D eigenvalue weighted by Crippen LogP contribution is 2.37. The molecule has 1 heterocycles. The standard InChI is InChI=1S/C39H58N4O5/c1-28(2)22-35(44)38(47)34(24-29-12-6-4-7-13-29)41-39(48)32(23-30-17-18-30)25-36(45)43(26-31-14-8-5-9-15-31)27-37(46)42(3)21-19-33-16-10-11-20-40-33/h5,8-11,14-16,20,28-30,32,34-35,38,44,47H,4,6-7,12-13,17-19,21-27H2,1-3H3,(H,41,48)/t32-,34+,35+,38-/m1/s1. The van der Waals surface area contributed by atoms with Crippen LogP contribution < -0.4 is 5.32 Å². The quantitative estimate of drug-likeness (QED) is 0.192. The number of likely N-dealkylation sites (N-methyl/N-ethyl adjacent to an activating group) is 1. The number of nitrogens with one attached hydrogen (secondary N) is 1. The maximum atomic E-state index is 14.0. The van der Waals surface area contributed by atoms with Crippen LogP contribution in [0.25, 0.3) is 0 Å². The van der Waals surface area contributed by atoms with Crippen molar-refractivity contribution in [2.75, 3.05) is 20.1 Å². The predicted octanol–water partition coefficient (Wildman–Crippen LogP) is 5.14. The number of nitrogens with zero attached hydrogens (tertiary/aromatic N) is 3. The average molecular weight is 663 g/mol. The minimum atomic E-state index is -1.08. The minimum Gasteiger partial charge on any atom is -0.390 e. The van der Waals surface area contributed by atoms with E-state index in [1.807, 2.05) is 62.4 Å². The van der Waals surface area contributed by atoms with Gasteiger partial charge < -0.3 is 25.3 Å². The molecule has 9 heteroatoms. The molecule has 0 spiro atoms. The zero-order valence-electron chi connectivity index (χ0n) is 29.3. The Kier molecular flexibility index (Phi) is 14.9. The Hall–Kier alpha value is -3.30. The van der Waals surface area contributed by atoms with Gasteiger partial charge in [-0.25, -0.2) is 0 Å². The van der Waals surface area contributed by atoms with Crippen molar-refractivity contribution in [3.63, 3.8) is 0 Å². The van der Waals surface area contributed by atoms with Crippen LogP contribution in [0.5, 0.6) is 0 Å². The summed E-state index contributed by atoms with van der Waals surface area (Å²) in [5, 5.41) is 25.3. The van der Waals surface area contributed by atoms with Gasteiger partial charge in [0, 0.05) is 50.8 Å². The molecule has 264 valence electrons. The van der Waals surface area contributed by atoms with Crippen LogP contribution in [0.3, 0.4) is 0 Å². The first-order valence-electron chi connectivity index (χ1n) is 18.2. The minimum absolute atomic E-state index is 0.0130. The normalized spacial score (nSPS) is 17.7. The fourth-order valence-electron chi connectivity index (χ4n) is 6.91. The van der Waals surface area contributed by atoms with Gasteiger partial charge in [-0.2, -0.15) is 0 Å². The lowest BCUT2D eigenvalue weighted by Gasteiger charge is -2.34. The number of aromatic nitrogens is 1. The second-order valence-corrected chi connectivity index (χ2v) is 14.7. The zero-order chi connectivity index (χ0) is 34.5. The molecule has 3 N–H and O–H groups in total. The van der Waals surface area contributed by atoms with E-state index in [0.29, 0.717) is 44.1 Å². The smallest absolute Gasteiger partial charge is 0.241 e. The lowest BCUT2D eigenvalue weighted by Crippen LogP contribution is -2.52. The largest absolute Gasteiger partial charge is 0.390 e. The summed E-state index contributed by atoms with van der Waals surface area (Å²) in [5.74, 6) is -0.259.